The van der Waals surface area contributed by atoms with E-state index in [1.165, 1.54) is 15.9 Å². The Morgan fingerprint density at radius 3 is 2.32 bits per heavy atom. The van der Waals surface area contributed by atoms with Gasteiger partial charge >= 0.3 is 0 Å². The standard InChI is InChI=1S/C20H22N4O/c1-13-5-8-17(9-6-13)12-21-20(25)19-16(4)22-24(23-19)18-10-7-14(2)11-15(18)3/h5-11H,12H2,1-4H3,(H,21,25). The third kappa shape index (κ3) is 3.76. The summed E-state index contributed by atoms with van der Waals surface area (Å²) in [6.45, 7) is 8.36. The second kappa shape index (κ2) is 6.89. The summed E-state index contributed by atoms with van der Waals surface area (Å²) in [5.74, 6) is -0.214. The molecule has 0 saturated heterocycles. The first-order chi connectivity index (χ1) is 11.9. The Kier molecular flexibility index (Phi) is 4.65. The Morgan fingerprint density at radius 1 is 0.960 bits per heavy atom. The number of nitrogens with zero attached hydrogens (tertiary/aromatic N) is 3. The van der Waals surface area contributed by atoms with Crippen LogP contribution in [0.2, 0.25) is 0 Å². The Bertz CT molecular complexity index is 910. The normalized spacial score (nSPS) is 10.7. The first-order valence-corrected chi connectivity index (χ1v) is 8.29. The first kappa shape index (κ1) is 16.9. The molecule has 0 radical (unpaired) electrons. The molecule has 1 aromatic heterocycles. The molecule has 0 unspecified atom stereocenters. The third-order valence-electron chi connectivity index (χ3n) is 4.14. The number of hydrogen-bond acceptors (Lipinski definition) is 3. The van der Waals surface area contributed by atoms with Gasteiger partial charge in [0.25, 0.3) is 5.91 Å². The summed E-state index contributed by atoms with van der Waals surface area (Å²) in [5, 5.41) is 11.7. The van der Waals surface area contributed by atoms with Crippen LogP contribution in [0.25, 0.3) is 5.69 Å². The summed E-state index contributed by atoms with van der Waals surface area (Å²) in [7, 11) is 0. The van der Waals surface area contributed by atoms with E-state index in [4.69, 9.17) is 0 Å². The molecule has 0 fully saturated rings. The van der Waals surface area contributed by atoms with E-state index in [0.29, 0.717) is 17.9 Å². The van der Waals surface area contributed by atoms with Crippen LogP contribution in [-0.2, 0) is 6.54 Å². The van der Waals surface area contributed by atoms with Gasteiger partial charge < -0.3 is 5.32 Å². The molecule has 5 heteroatoms. The minimum atomic E-state index is -0.214. The second-order valence-electron chi connectivity index (χ2n) is 6.38. The van der Waals surface area contributed by atoms with Crippen molar-refractivity contribution in [2.24, 2.45) is 0 Å². The van der Waals surface area contributed by atoms with Crippen LogP contribution in [0.3, 0.4) is 0 Å². The average molecular weight is 334 g/mol. The third-order valence-corrected chi connectivity index (χ3v) is 4.14. The lowest BCUT2D eigenvalue weighted by molar-refractivity contribution is 0.0945. The molecule has 0 aliphatic carbocycles. The molecule has 2 aromatic carbocycles. The smallest absolute Gasteiger partial charge is 0.274 e. The minimum absolute atomic E-state index is 0.214. The molecule has 3 rings (SSSR count). The quantitative estimate of drug-likeness (QED) is 0.795. The van der Waals surface area contributed by atoms with Gasteiger partial charge in [-0.25, -0.2) is 0 Å². The number of aromatic nitrogens is 3. The predicted molar refractivity (Wildman–Crippen MR) is 97.9 cm³/mol. The maximum Gasteiger partial charge on any atom is 0.274 e. The van der Waals surface area contributed by atoms with E-state index >= 15 is 0 Å². The largest absolute Gasteiger partial charge is 0.347 e. The van der Waals surface area contributed by atoms with Gasteiger partial charge in [0.1, 0.15) is 0 Å². The van der Waals surface area contributed by atoms with Crippen LogP contribution in [0.1, 0.15) is 38.4 Å². The van der Waals surface area contributed by atoms with E-state index < -0.39 is 0 Å². The van der Waals surface area contributed by atoms with Crippen molar-refractivity contribution < 1.29 is 4.79 Å². The highest BCUT2D eigenvalue weighted by molar-refractivity contribution is 5.93. The summed E-state index contributed by atoms with van der Waals surface area (Å²) in [6, 6.07) is 14.1. The van der Waals surface area contributed by atoms with Crippen LogP contribution < -0.4 is 5.32 Å². The Morgan fingerprint density at radius 2 is 1.64 bits per heavy atom. The van der Waals surface area contributed by atoms with Gasteiger partial charge in [-0.05, 0) is 44.9 Å². The van der Waals surface area contributed by atoms with Gasteiger partial charge in [0.15, 0.2) is 5.69 Å². The van der Waals surface area contributed by atoms with Gasteiger partial charge in [-0.2, -0.15) is 9.90 Å². The van der Waals surface area contributed by atoms with Crippen molar-refractivity contribution >= 4 is 5.91 Å². The number of aryl methyl sites for hydroxylation is 4. The lowest BCUT2D eigenvalue weighted by Gasteiger charge is -2.05. The Labute approximate surface area is 147 Å². The van der Waals surface area contributed by atoms with Crippen LogP contribution in [0, 0.1) is 27.7 Å². The molecule has 5 nitrogen and oxygen atoms in total. The Balaban J connectivity index is 1.77. The number of carbonyl (C=O) groups is 1. The Hall–Kier alpha value is -2.95. The van der Waals surface area contributed by atoms with Gasteiger partial charge in [-0.1, -0.05) is 47.5 Å². The molecule has 0 aliphatic rings. The monoisotopic (exact) mass is 334 g/mol. The highest BCUT2D eigenvalue weighted by Crippen LogP contribution is 2.15. The van der Waals surface area contributed by atoms with E-state index in [1.807, 2.05) is 57.2 Å². The fourth-order valence-electron chi connectivity index (χ4n) is 2.70. The van der Waals surface area contributed by atoms with Crippen molar-refractivity contribution in [1.82, 2.24) is 20.3 Å². The molecule has 25 heavy (non-hydrogen) atoms. The predicted octanol–water partition coefficient (Wildman–Crippen LogP) is 3.43. The summed E-state index contributed by atoms with van der Waals surface area (Å²) < 4.78 is 0. The average Bonchev–Trinajstić information content (AvgIpc) is 2.95. The summed E-state index contributed by atoms with van der Waals surface area (Å²) in [6.07, 6.45) is 0. The minimum Gasteiger partial charge on any atom is -0.347 e. The van der Waals surface area contributed by atoms with Crippen LogP contribution in [0.15, 0.2) is 42.5 Å². The summed E-state index contributed by atoms with van der Waals surface area (Å²) >= 11 is 0. The lowest BCUT2D eigenvalue weighted by Crippen LogP contribution is -2.24. The molecule has 3 aromatic rings. The lowest BCUT2D eigenvalue weighted by atomic mass is 10.1. The second-order valence-corrected chi connectivity index (χ2v) is 6.38. The summed E-state index contributed by atoms with van der Waals surface area (Å²) in [4.78, 5) is 14.0. The zero-order chi connectivity index (χ0) is 18.0. The number of nitrogens with one attached hydrogen (secondary N) is 1. The number of hydrogen-bond donors (Lipinski definition) is 1. The summed E-state index contributed by atoms with van der Waals surface area (Å²) in [5.41, 5.74) is 6.35. The van der Waals surface area contributed by atoms with Crippen molar-refractivity contribution in [2.45, 2.75) is 34.2 Å². The van der Waals surface area contributed by atoms with Crippen LogP contribution >= 0.6 is 0 Å². The molecule has 1 amide bonds. The van der Waals surface area contributed by atoms with Crippen LogP contribution in [0.5, 0.6) is 0 Å². The zero-order valence-electron chi connectivity index (χ0n) is 15.0. The highest BCUT2D eigenvalue weighted by atomic mass is 16.2. The van der Waals surface area contributed by atoms with Crippen molar-refractivity contribution in [1.29, 1.82) is 0 Å². The maximum absolute atomic E-state index is 12.5. The number of amides is 1. The topological polar surface area (TPSA) is 59.8 Å². The molecule has 0 bridgehead atoms. The van der Waals surface area contributed by atoms with Crippen molar-refractivity contribution in [3.8, 4) is 5.69 Å². The van der Waals surface area contributed by atoms with Crippen molar-refractivity contribution in [2.75, 3.05) is 0 Å². The number of benzene rings is 2. The molecular weight excluding hydrogens is 312 g/mol. The van der Waals surface area contributed by atoms with Crippen LogP contribution in [0.4, 0.5) is 0 Å². The first-order valence-electron chi connectivity index (χ1n) is 8.29. The van der Waals surface area contributed by atoms with E-state index in [0.717, 1.165) is 16.8 Å². The van der Waals surface area contributed by atoms with E-state index in [-0.39, 0.29) is 5.91 Å². The van der Waals surface area contributed by atoms with Crippen LogP contribution in [-0.4, -0.2) is 20.9 Å². The SMILES string of the molecule is Cc1ccc(CNC(=O)c2nn(-c3ccc(C)cc3C)nc2C)cc1. The number of carbonyl (C=O) groups excluding carboxylic acids is 1. The van der Waals surface area contributed by atoms with Gasteiger partial charge in [0, 0.05) is 6.54 Å². The molecule has 0 aliphatic heterocycles. The van der Waals surface area contributed by atoms with E-state index in [9.17, 15) is 4.79 Å². The molecule has 0 spiro atoms. The zero-order valence-corrected chi connectivity index (χ0v) is 15.0. The molecule has 1 heterocycles. The maximum atomic E-state index is 12.5. The fraction of sp³-hybridized carbons (Fsp3) is 0.250. The molecular formula is C20H22N4O. The molecule has 0 saturated carbocycles. The van der Waals surface area contributed by atoms with Gasteiger partial charge in [-0.3, -0.25) is 4.79 Å². The van der Waals surface area contributed by atoms with Gasteiger partial charge in [0.2, 0.25) is 0 Å². The van der Waals surface area contributed by atoms with E-state index in [2.05, 4.69) is 21.6 Å². The van der Waals surface area contributed by atoms with Crippen molar-refractivity contribution in [3.05, 3.63) is 76.1 Å². The van der Waals surface area contributed by atoms with Gasteiger partial charge in [-0.15, -0.1) is 5.10 Å². The molecule has 1 N–H and O–H groups in total. The van der Waals surface area contributed by atoms with Crippen molar-refractivity contribution in [3.63, 3.8) is 0 Å². The number of rotatable bonds is 4. The van der Waals surface area contributed by atoms with E-state index in [1.54, 1.807) is 6.92 Å². The highest BCUT2D eigenvalue weighted by Gasteiger charge is 2.16. The molecule has 0 atom stereocenters. The fourth-order valence-corrected chi connectivity index (χ4v) is 2.70. The van der Waals surface area contributed by atoms with Gasteiger partial charge in [0.05, 0.1) is 11.4 Å². The molecule has 128 valence electrons.